The molecule has 1 atom stereocenters. The normalized spacial score (nSPS) is 13.5. The van der Waals surface area contributed by atoms with Crippen molar-refractivity contribution in [3.05, 3.63) is 0 Å². The van der Waals surface area contributed by atoms with Crippen molar-refractivity contribution in [1.29, 1.82) is 0 Å². The van der Waals surface area contributed by atoms with Gasteiger partial charge in [0.05, 0.1) is 0 Å². The highest BCUT2D eigenvalue weighted by Gasteiger charge is 2.00. The SMILES string of the molecule is CCCCC(N)CNCCCN(C)C. The van der Waals surface area contributed by atoms with Gasteiger partial charge < -0.3 is 16.0 Å². The van der Waals surface area contributed by atoms with Crippen LogP contribution in [0.3, 0.4) is 0 Å². The highest BCUT2D eigenvalue weighted by Crippen LogP contribution is 1.96. The molecule has 0 amide bonds. The molecule has 3 nitrogen and oxygen atoms in total. The van der Waals surface area contributed by atoms with Gasteiger partial charge in [-0.05, 0) is 40.0 Å². The maximum absolute atomic E-state index is 5.93. The molecule has 0 aliphatic rings. The Bertz CT molecular complexity index is 115. The quantitative estimate of drug-likeness (QED) is 0.548. The van der Waals surface area contributed by atoms with Crippen molar-refractivity contribution in [2.45, 2.75) is 38.6 Å². The largest absolute Gasteiger partial charge is 0.327 e. The number of rotatable bonds is 9. The third-order valence-corrected chi connectivity index (χ3v) is 2.29. The monoisotopic (exact) mass is 201 g/mol. The smallest absolute Gasteiger partial charge is 0.0165 e. The van der Waals surface area contributed by atoms with Crippen LogP contribution >= 0.6 is 0 Å². The minimum absolute atomic E-state index is 0.342. The molecule has 0 saturated carbocycles. The fourth-order valence-electron chi connectivity index (χ4n) is 1.38. The second-order valence-corrected chi connectivity index (χ2v) is 4.26. The summed E-state index contributed by atoms with van der Waals surface area (Å²) in [5, 5.41) is 3.40. The number of hydrogen-bond acceptors (Lipinski definition) is 3. The van der Waals surface area contributed by atoms with Gasteiger partial charge in [-0.1, -0.05) is 19.8 Å². The van der Waals surface area contributed by atoms with Crippen LogP contribution in [0.1, 0.15) is 32.6 Å². The third-order valence-electron chi connectivity index (χ3n) is 2.29. The van der Waals surface area contributed by atoms with Gasteiger partial charge in [-0.3, -0.25) is 0 Å². The zero-order valence-electron chi connectivity index (χ0n) is 10.1. The van der Waals surface area contributed by atoms with Gasteiger partial charge in [0, 0.05) is 12.6 Å². The summed E-state index contributed by atoms with van der Waals surface area (Å²) >= 11 is 0. The van der Waals surface area contributed by atoms with Gasteiger partial charge in [0.1, 0.15) is 0 Å². The van der Waals surface area contributed by atoms with Gasteiger partial charge in [0.2, 0.25) is 0 Å². The standard InChI is InChI=1S/C11H27N3/c1-4-5-7-11(12)10-13-8-6-9-14(2)3/h11,13H,4-10,12H2,1-3H3. The molecular weight excluding hydrogens is 174 g/mol. The zero-order valence-corrected chi connectivity index (χ0v) is 10.1. The van der Waals surface area contributed by atoms with Crippen LogP contribution < -0.4 is 11.1 Å². The topological polar surface area (TPSA) is 41.3 Å². The van der Waals surface area contributed by atoms with Gasteiger partial charge in [0.15, 0.2) is 0 Å². The van der Waals surface area contributed by atoms with Crippen LogP contribution in [0.25, 0.3) is 0 Å². The van der Waals surface area contributed by atoms with E-state index in [1.807, 2.05) is 0 Å². The third kappa shape index (κ3) is 9.96. The molecule has 0 aromatic carbocycles. The molecule has 0 spiro atoms. The highest BCUT2D eigenvalue weighted by molar-refractivity contribution is 4.64. The van der Waals surface area contributed by atoms with Crippen molar-refractivity contribution >= 4 is 0 Å². The first-order chi connectivity index (χ1) is 6.66. The molecular formula is C11H27N3. The average Bonchev–Trinajstić information content (AvgIpc) is 2.13. The van der Waals surface area contributed by atoms with Crippen molar-refractivity contribution in [3.8, 4) is 0 Å². The van der Waals surface area contributed by atoms with Gasteiger partial charge in [0.25, 0.3) is 0 Å². The average molecular weight is 201 g/mol. The molecule has 0 heterocycles. The maximum atomic E-state index is 5.93. The molecule has 3 N–H and O–H groups in total. The van der Waals surface area contributed by atoms with Gasteiger partial charge in [-0.2, -0.15) is 0 Å². The second-order valence-electron chi connectivity index (χ2n) is 4.26. The zero-order chi connectivity index (χ0) is 10.8. The Labute approximate surface area is 89.0 Å². The van der Waals surface area contributed by atoms with E-state index in [0.717, 1.165) is 26.1 Å². The summed E-state index contributed by atoms with van der Waals surface area (Å²) in [7, 11) is 4.21. The van der Waals surface area contributed by atoms with E-state index in [4.69, 9.17) is 5.73 Å². The number of nitrogens with one attached hydrogen (secondary N) is 1. The van der Waals surface area contributed by atoms with E-state index >= 15 is 0 Å². The molecule has 0 rings (SSSR count). The Morgan fingerprint density at radius 2 is 2.00 bits per heavy atom. The van der Waals surface area contributed by atoms with Crippen molar-refractivity contribution in [3.63, 3.8) is 0 Å². The molecule has 0 aromatic heterocycles. The Kier molecular flexibility index (Phi) is 9.35. The van der Waals surface area contributed by atoms with Crippen LogP contribution in [-0.4, -0.2) is 44.7 Å². The molecule has 0 radical (unpaired) electrons. The predicted molar refractivity (Wildman–Crippen MR) is 63.5 cm³/mol. The first kappa shape index (κ1) is 13.9. The first-order valence-electron chi connectivity index (χ1n) is 5.77. The van der Waals surface area contributed by atoms with Crippen molar-refractivity contribution in [2.24, 2.45) is 5.73 Å². The van der Waals surface area contributed by atoms with E-state index < -0.39 is 0 Å². The summed E-state index contributed by atoms with van der Waals surface area (Å²) in [6.45, 7) is 5.40. The molecule has 0 aliphatic carbocycles. The summed E-state index contributed by atoms with van der Waals surface area (Å²) in [5.74, 6) is 0. The first-order valence-corrected chi connectivity index (χ1v) is 5.77. The predicted octanol–water partition coefficient (Wildman–Crippen LogP) is 1.05. The summed E-state index contributed by atoms with van der Waals surface area (Å²) in [5.41, 5.74) is 5.93. The summed E-state index contributed by atoms with van der Waals surface area (Å²) in [4.78, 5) is 2.21. The minimum Gasteiger partial charge on any atom is -0.327 e. The van der Waals surface area contributed by atoms with E-state index in [9.17, 15) is 0 Å². The summed E-state index contributed by atoms with van der Waals surface area (Å²) < 4.78 is 0. The molecule has 0 aromatic rings. The Hall–Kier alpha value is -0.120. The molecule has 14 heavy (non-hydrogen) atoms. The minimum atomic E-state index is 0.342. The molecule has 0 aliphatic heterocycles. The fourth-order valence-corrected chi connectivity index (χ4v) is 1.38. The number of hydrogen-bond donors (Lipinski definition) is 2. The number of nitrogens with zero attached hydrogens (tertiary/aromatic N) is 1. The van der Waals surface area contributed by atoms with E-state index in [1.54, 1.807) is 0 Å². The molecule has 3 heteroatoms. The Balaban J connectivity index is 3.10. The van der Waals surface area contributed by atoms with Gasteiger partial charge in [-0.15, -0.1) is 0 Å². The van der Waals surface area contributed by atoms with Crippen molar-refractivity contribution in [1.82, 2.24) is 10.2 Å². The van der Waals surface area contributed by atoms with Crippen LogP contribution in [0.5, 0.6) is 0 Å². The molecule has 0 saturated heterocycles. The highest BCUT2D eigenvalue weighted by atomic mass is 15.1. The Morgan fingerprint density at radius 3 is 2.57 bits per heavy atom. The second kappa shape index (κ2) is 9.44. The molecule has 0 bridgehead atoms. The number of nitrogens with two attached hydrogens (primary N) is 1. The van der Waals surface area contributed by atoms with Crippen LogP contribution in [0.4, 0.5) is 0 Å². The van der Waals surface area contributed by atoms with Gasteiger partial charge in [-0.25, -0.2) is 0 Å². The van der Waals surface area contributed by atoms with Crippen LogP contribution in [0.15, 0.2) is 0 Å². The van der Waals surface area contributed by atoms with E-state index in [1.165, 1.54) is 19.3 Å². The lowest BCUT2D eigenvalue weighted by Crippen LogP contribution is -2.34. The fraction of sp³-hybridized carbons (Fsp3) is 1.00. The van der Waals surface area contributed by atoms with E-state index in [2.05, 4.69) is 31.2 Å². The lowest BCUT2D eigenvalue weighted by atomic mass is 10.1. The Morgan fingerprint density at radius 1 is 1.29 bits per heavy atom. The lowest BCUT2D eigenvalue weighted by Gasteiger charge is -2.13. The van der Waals surface area contributed by atoms with Crippen LogP contribution in [0.2, 0.25) is 0 Å². The van der Waals surface area contributed by atoms with E-state index in [0.29, 0.717) is 6.04 Å². The van der Waals surface area contributed by atoms with Crippen LogP contribution in [-0.2, 0) is 0 Å². The van der Waals surface area contributed by atoms with Crippen molar-refractivity contribution < 1.29 is 0 Å². The maximum Gasteiger partial charge on any atom is 0.0165 e. The number of unbranched alkanes of at least 4 members (excludes halogenated alkanes) is 1. The lowest BCUT2D eigenvalue weighted by molar-refractivity contribution is 0.391. The summed E-state index contributed by atoms with van der Waals surface area (Å²) in [6, 6.07) is 0.342. The summed E-state index contributed by atoms with van der Waals surface area (Å²) in [6.07, 6.45) is 4.85. The molecule has 1 unspecified atom stereocenters. The molecule has 0 fully saturated rings. The molecule has 86 valence electrons. The van der Waals surface area contributed by atoms with Crippen molar-refractivity contribution in [2.75, 3.05) is 33.7 Å². The van der Waals surface area contributed by atoms with Gasteiger partial charge >= 0.3 is 0 Å². The van der Waals surface area contributed by atoms with Crippen LogP contribution in [0, 0.1) is 0 Å². The van der Waals surface area contributed by atoms with E-state index in [-0.39, 0.29) is 0 Å².